The Labute approximate surface area is 176 Å². The molecule has 0 aliphatic carbocycles. The first-order valence-corrected chi connectivity index (χ1v) is 10.4. The summed E-state index contributed by atoms with van der Waals surface area (Å²) in [7, 11) is 0. The van der Waals surface area contributed by atoms with Gasteiger partial charge in [0.15, 0.2) is 5.13 Å². The fourth-order valence-electron chi connectivity index (χ4n) is 3.20. The van der Waals surface area contributed by atoms with Crippen LogP contribution < -0.4 is 15.8 Å². The summed E-state index contributed by atoms with van der Waals surface area (Å²) in [5.74, 6) is 0.384. The molecule has 9 nitrogen and oxygen atoms in total. The van der Waals surface area contributed by atoms with Gasteiger partial charge in [-0.2, -0.15) is 0 Å². The second kappa shape index (κ2) is 8.87. The summed E-state index contributed by atoms with van der Waals surface area (Å²) in [6, 6.07) is 8.82. The third-order valence-corrected chi connectivity index (χ3v) is 5.58. The zero-order chi connectivity index (χ0) is 20.9. The molecule has 2 amide bonds. The molecule has 0 aromatic carbocycles. The molecule has 3 aromatic heterocycles. The normalized spacial score (nSPS) is 13.9. The molecular formula is C20H20N6O3S. The molecule has 0 bridgehead atoms. The number of amides is 2. The number of nitrogens with one attached hydrogen (secondary N) is 2. The average molecular weight is 424 g/mol. The second-order valence-corrected chi connectivity index (χ2v) is 7.60. The predicted octanol–water partition coefficient (Wildman–Crippen LogP) is 1.37. The third-order valence-electron chi connectivity index (χ3n) is 4.77. The van der Waals surface area contributed by atoms with Gasteiger partial charge in [-0.25, -0.2) is 9.97 Å². The highest BCUT2D eigenvalue weighted by Gasteiger charge is 2.22. The molecule has 0 atom stereocenters. The topological polar surface area (TPSA) is 111 Å². The first kappa shape index (κ1) is 19.8. The second-order valence-electron chi connectivity index (χ2n) is 6.74. The van der Waals surface area contributed by atoms with Crippen molar-refractivity contribution in [3.8, 4) is 0 Å². The molecule has 1 saturated heterocycles. The Morgan fingerprint density at radius 1 is 1.13 bits per heavy atom. The van der Waals surface area contributed by atoms with E-state index in [1.807, 2.05) is 23.1 Å². The van der Waals surface area contributed by atoms with Crippen molar-refractivity contribution in [1.29, 1.82) is 0 Å². The number of hydrogen-bond donors (Lipinski definition) is 2. The summed E-state index contributed by atoms with van der Waals surface area (Å²) in [5.41, 5.74) is 0.136. The number of H-pyrrole nitrogens is 1. The number of anilines is 2. The Bertz CT molecular complexity index is 1090. The van der Waals surface area contributed by atoms with Crippen LogP contribution in [0.5, 0.6) is 0 Å². The van der Waals surface area contributed by atoms with E-state index in [9.17, 15) is 14.4 Å². The Morgan fingerprint density at radius 3 is 2.70 bits per heavy atom. The van der Waals surface area contributed by atoms with E-state index in [2.05, 4.69) is 25.2 Å². The Hall–Kier alpha value is -3.53. The van der Waals surface area contributed by atoms with Crippen molar-refractivity contribution in [3.63, 3.8) is 0 Å². The molecule has 4 heterocycles. The molecule has 154 valence electrons. The van der Waals surface area contributed by atoms with E-state index in [1.54, 1.807) is 17.6 Å². The number of nitrogens with zero attached hydrogens (tertiary/aromatic N) is 4. The van der Waals surface area contributed by atoms with E-state index in [0.29, 0.717) is 23.9 Å². The summed E-state index contributed by atoms with van der Waals surface area (Å²) >= 11 is 1.22. The number of pyridine rings is 2. The van der Waals surface area contributed by atoms with Gasteiger partial charge in [-0.3, -0.25) is 19.7 Å². The summed E-state index contributed by atoms with van der Waals surface area (Å²) in [6.45, 7) is 2.71. The summed E-state index contributed by atoms with van der Waals surface area (Å²) in [5, 5.41) is 4.70. The van der Waals surface area contributed by atoms with Crippen LogP contribution in [0.2, 0.25) is 0 Å². The lowest BCUT2D eigenvalue weighted by atomic mass is 10.2. The molecule has 0 saturated carbocycles. The highest BCUT2D eigenvalue weighted by atomic mass is 32.1. The van der Waals surface area contributed by atoms with Crippen molar-refractivity contribution in [2.45, 2.75) is 6.42 Å². The fraction of sp³-hybridized carbons (Fsp3) is 0.250. The molecule has 2 N–H and O–H groups in total. The van der Waals surface area contributed by atoms with Gasteiger partial charge in [-0.15, -0.1) is 11.3 Å². The molecule has 10 heteroatoms. The van der Waals surface area contributed by atoms with Crippen molar-refractivity contribution < 1.29 is 9.59 Å². The van der Waals surface area contributed by atoms with Crippen LogP contribution in [0.4, 0.5) is 10.9 Å². The van der Waals surface area contributed by atoms with Gasteiger partial charge in [-0.1, -0.05) is 6.07 Å². The molecule has 4 rings (SSSR count). The van der Waals surface area contributed by atoms with E-state index >= 15 is 0 Å². The molecule has 1 aliphatic heterocycles. The fourth-order valence-corrected chi connectivity index (χ4v) is 3.91. The molecule has 1 fully saturated rings. The van der Waals surface area contributed by atoms with Gasteiger partial charge in [0.25, 0.3) is 11.5 Å². The number of piperazine rings is 1. The standard InChI is InChI=1S/C20H20N6O3S/c27-17(26-10-8-25(9-11-26)16-5-1-2-6-21-16)12-14-13-30-20(23-14)24-19(29)15-4-3-7-22-18(15)28/h1-7,13H,8-12H2,(H,22,28)(H,23,24,29). The van der Waals surface area contributed by atoms with Gasteiger partial charge < -0.3 is 14.8 Å². The van der Waals surface area contributed by atoms with Crippen LogP contribution >= 0.6 is 11.3 Å². The number of carbonyl (C=O) groups excluding carboxylic acids is 2. The highest BCUT2D eigenvalue weighted by Crippen LogP contribution is 2.18. The molecule has 0 radical (unpaired) electrons. The van der Waals surface area contributed by atoms with Crippen LogP contribution in [0.1, 0.15) is 16.1 Å². The lowest BCUT2D eigenvalue weighted by molar-refractivity contribution is -0.130. The lowest BCUT2D eigenvalue weighted by Crippen LogP contribution is -2.49. The number of thiazole rings is 1. The molecule has 30 heavy (non-hydrogen) atoms. The number of hydrogen-bond acceptors (Lipinski definition) is 7. The minimum atomic E-state index is -0.533. The van der Waals surface area contributed by atoms with E-state index < -0.39 is 11.5 Å². The van der Waals surface area contributed by atoms with Gasteiger partial charge in [-0.05, 0) is 24.3 Å². The summed E-state index contributed by atoms with van der Waals surface area (Å²) in [4.78, 5) is 51.6. The number of rotatable bonds is 5. The minimum Gasteiger partial charge on any atom is -0.353 e. The van der Waals surface area contributed by atoms with E-state index in [-0.39, 0.29) is 17.9 Å². The van der Waals surface area contributed by atoms with Crippen LogP contribution in [-0.4, -0.2) is 57.8 Å². The van der Waals surface area contributed by atoms with Crippen LogP contribution in [0.25, 0.3) is 0 Å². The highest BCUT2D eigenvalue weighted by molar-refractivity contribution is 7.14. The average Bonchev–Trinajstić information content (AvgIpc) is 3.21. The summed E-state index contributed by atoms with van der Waals surface area (Å²) < 4.78 is 0. The van der Waals surface area contributed by atoms with Crippen molar-refractivity contribution in [1.82, 2.24) is 19.9 Å². The van der Waals surface area contributed by atoms with Crippen molar-refractivity contribution in [2.75, 3.05) is 36.4 Å². The summed E-state index contributed by atoms with van der Waals surface area (Å²) in [6.07, 6.45) is 3.39. The molecule has 3 aromatic rings. The van der Waals surface area contributed by atoms with Crippen molar-refractivity contribution in [3.05, 3.63) is 69.7 Å². The number of aromatic nitrogens is 3. The molecule has 0 unspecified atom stereocenters. The predicted molar refractivity (Wildman–Crippen MR) is 114 cm³/mol. The van der Waals surface area contributed by atoms with Crippen LogP contribution in [0.15, 0.2) is 52.9 Å². The SMILES string of the molecule is O=C(Nc1nc(CC(=O)N2CCN(c3ccccn3)CC2)cs1)c1ccc[nH]c1=O. The maximum Gasteiger partial charge on any atom is 0.263 e. The van der Waals surface area contributed by atoms with E-state index in [1.165, 1.54) is 23.6 Å². The van der Waals surface area contributed by atoms with E-state index in [4.69, 9.17) is 0 Å². The van der Waals surface area contributed by atoms with Gasteiger partial charge >= 0.3 is 0 Å². The lowest BCUT2D eigenvalue weighted by Gasteiger charge is -2.35. The van der Waals surface area contributed by atoms with Gasteiger partial charge in [0.2, 0.25) is 5.91 Å². The van der Waals surface area contributed by atoms with Gasteiger partial charge in [0.05, 0.1) is 12.1 Å². The number of carbonyl (C=O) groups is 2. The quantitative estimate of drug-likeness (QED) is 0.640. The number of aromatic amines is 1. The first-order valence-electron chi connectivity index (χ1n) is 9.47. The van der Waals surface area contributed by atoms with Crippen LogP contribution in [-0.2, 0) is 11.2 Å². The monoisotopic (exact) mass is 424 g/mol. The van der Waals surface area contributed by atoms with Gasteiger partial charge in [0.1, 0.15) is 11.4 Å². The smallest absolute Gasteiger partial charge is 0.263 e. The largest absolute Gasteiger partial charge is 0.353 e. The van der Waals surface area contributed by atoms with Crippen molar-refractivity contribution >= 4 is 34.1 Å². The van der Waals surface area contributed by atoms with Crippen LogP contribution in [0, 0.1) is 0 Å². The Morgan fingerprint density at radius 2 is 1.97 bits per heavy atom. The molecule has 0 spiro atoms. The molecule has 1 aliphatic rings. The minimum absolute atomic E-state index is 0.00153. The van der Waals surface area contributed by atoms with Crippen molar-refractivity contribution in [2.24, 2.45) is 0 Å². The zero-order valence-electron chi connectivity index (χ0n) is 16.1. The van der Waals surface area contributed by atoms with E-state index in [0.717, 1.165) is 18.9 Å². The Balaban J connectivity index is 1.31. The van der Waals surface area contributed by atoms with Crippen LogP contribution in [0.3, 0.4) is 0 Å². The first-order chi connectivity index (χ1) is 14.6. The maximum absolute atomic E-state index is 12.6. The van der Waals surface area contributed by atoms with Gasteiger partial charge in [0, 0.05) is 44.0 Å². The maximum atomic E-state index is 12.6. The zero-order valence-corrected chi connectivity index (χ0v) is 16.9. The molecular weight excluding hydrogens is 404 g/mol. The Kier molecular flexibility index (Phi) is 5.84. The third kappa shape index (κ3) is 4.54.